The highest BCUT2D eigenvalue weighted by molar-refractivity contribution is 9.11. The molecule has 0 saturated carbocycles. The fourth-order valence-electron chi connectivity index (χ4n) is 1.86. The van der Waals surface area contributed by atoms with Crippen molar-refractivity contribution in [2.24, 2.45) is 0 Å². The number of benzene rings is 1. The maximum atomic E-state index is 13.9. The molecule has 0 bridgehead atoms. The molecule has 0 saturated heterocycles. The minimum Gasteiger partial charge on any atom is -0.607 e. The lowest BCUT2D eigenvalue weighted by Gasteiger charge is -2.29. The first-order valence-electron chi connectivity index (χ1n) is 6.46. The normalized spacial score (nSPS) is 14.5. The van der Waals surface area contributed by atoms with Crippen molar-refractivity contribution in [3.63, 3.8) is 0 Å². The molecule has 1 radical (unpaired) electrons. The topological polar surface area (TPSA) is 23.1 Å². The van der Waals surface area contributed by atoms with Gasteiger partial charge in [0.25, 0.3) is 0 Å². The van der Waals surface area contributed by atoms with E-state index in [-0.39, 0.29) is 20.9 Å². The Hall–Kier alpha value is -0.300. The molecule has 1 heterocycles. The third-order valence-corrected chi connectivity index (χ3v) is 6.60. The van der Waals surface area contributed by atoms with E-state index in [0.717, 1.165) is 6.07 Å². The predicted molar refractivity (Wildman–Crippen MR) is 90.2 cm³/mol. The van der Waals surface area contributed by atoms with Crippen molar-refractivity contribution in [3.05, 3.63) is 49.0 Å². The van der Waals surface area contributed by atoms with Crippen LogP contribution in [-0.4, -0.2) is 21.9 Å². The van der Waals surface area contributed by atoms with Gasteiger partial charge in [-0.25, -0.2) is 0 Å². The fourth-order valence-corrected chi connectivity index (χ4v) is 5.37. The van der Waals surface area contributed by atoms with Crippen LogP contribution in [0.1, 0.15) is 10.4 Å². The van der Waals surface area contributed by atoms with Crippen molar-refractivity contribution in [3.8, 4) is 0 Å². The molecule has 2 aromatic rings. The average Bonchev–Trinajstić information content (AvgIpc) is 3.00. The summed E-state index contributed by atoms with van der Waals surface area (Å²) in [5, 5.41) is -4.20. The number of thiophene rings is 1. The van der Waals surface area contributed by atoms with Gasteiger partial charge in [-0.1, -0.05) is 6.07 Å². The standard InChI is InChI=1S/C14H6Br2F7OS2/c15-7-4-10(16)9(6-8-2-1-3-25-8)11(5-7)26(24)14(22,23)12(17,18)13(19,20)21/h1-3,5H,6H2. The summed E-state index contributed by atoms with van der Waals surface area (Å²) < 4.78 is 104. The Morgan fingerprint density at radius 1 is 1.12 bits per heavy atom. The zero-order chi connectivity index (χ0) is 19.9. The maximum Gasteiger partial charge on any atom is 0.486 e. The van der Waals surface area contributed by atoms with Gasteiger partial charge in [0, 0.05) is 37.9 Å². The van der Waals surface area contributed by atoms with Crippen molar-refractivity contribution in [1.29, 1.82) is 0 Å². The number of alkyl halides is 7. The molecule has 2 rings (SSSR count). The second-order valence-corrected chi connectivity index (χ2v) is 9.06. The molecular formula is C14H6Br2F7OS2. The first kappa shape index (κ1) is 22.0. The summed E-state index contributed by atoms with van der Waals surface area (Å²) in [6.45, 7) is 0. The van der Waals surface area contributed by atoms with Gasteiger partial charge in [-0.3, -0.25) is 0 Å². The Morgan fingerprint density at radius 2 is 1.73 bits per heavy atom. The van der Waals surface area contributed by atoms with E-state index in [2.05, 4.69) is 37.9 Å². The number of rotatable bonds is 5. The summed E-state index contributed by atoms with van der Waals surface area (Å²) in [5.41, 5.74) is -0.119. The largest absolute Gasteiger partial charge is 0.607 e. The van der Waals surface area contributed by atoms with Gasteiger partial charge in [0.05, 0.1) is 11.2 Å². The molecule has 26 heavy (non-hydrogen) atoms. The van der Waals surface area contributed by atoms with E-state index in [1.807, 2.05) is 0 Å². The Balaban J connectivity index is 2.56. The van der Waals surface area contributed by atoms with Gasteiger partial charge in [-0.15, -0.1) is 20.1 Å². The molecule has 143 valence electrons. The first-order chi connectivity index (χ1) is 11.8. The monoisotopic (exact) mass is 545 g/mol. The molecule has 12 heteroatoms. The molecule has 1 aromatic carbocycles. The van der Waals surface area contributed by atoms with E-state index in [1.165, 1.54) is 11.3 Å². The molecule has 0 aliphatic heterocycles. The van der Waals surface area contributed by atoms with Gasteiger partial charge in [0.1, 0.15) is 0 Å². The van der Waals surface area contributed by atoms with E-state index in [4.69, 9.17) is 0 Å². The third kappa shape index (κ3) is 4.08. The van der Waals surface area contributed by atoms with E-state index in [9.17, 15) is 35.3 Å². The summed E-state index contributed by atoms with van der Waals surface area (Å²) in [4.78, 5) is -0.240. The van der Waals surface area contributed by atoms with Crippen molar-refractivity contribution in [1.82, 2.24) is 0 Å². The van der Waals surface area contributed by atoms with Crippen molar-refractivity contribution >= 4 is 54.4 Å². The Labute approximate surface area is 167 Å². The molecule has 1 aromatic heterocycles. The second-order valence-electron chi connectivity index (χ2n) is 4.89. The molecular weight excluding hydrogens is 541 g/mol. The Kier molecular flexibility index (Phi) is 6.44. The minimum atomic E-state index is -6.56. The van der Waals surface area contributed by atoms with Crippen LogP contribution >= 0.6 is 43.2 Å². The van der Waals surface area contributed by atoms with Crippen LogP contribution in [0, 0.1) is 6.07 Å². The van der Waals surface area contributed by atoms with Crippen LogP contribution in [0.4, 0.5) is 30.7 Å². The molecule has 0 spiro atoms. The van der Waals surface area contributed by atoms with Crippen molar-refractivity contribution in [2.45, 2.75) is 28.7 Å². The van der Waals surface area contributed by atoms with Crippen LogP contribution in [0.2, 0.25) is 0 Å². The molecule has 0 N–H and O–H groups in total. The predicted octanol–water partition coefficient (Wildman–Crippen LogP) is 6.56. The van der Waals surface area contributed by atoms with Crippen LogP contribution in [0.25, 0.3) is 0 Å². The molecule has 0 aliphatic carbocycles. The lowest BCUT2D eigenvalue weighted by Crippen LogP contribution is -2.56. The zero-order valence-electron chi connectivity index (χ0n) is 12.1. The second kappa shape index (κ2) is 7.61. The average molecular weight is 547 g/mol. The number of halogens is 9. The van der Waals surface area contributed by atoms with Gasteiger partial charge in [-0.05, 0) is 43.3 Å². The summed E-state index contributed by atoms with van der Waals surface area (Å²) >= 11 is 3.10. The first-order valence-corrected chi connectivity index (χ1v) is 10.1. The Bertz CT molecular complexity index is 778. The molecule has 0 fully saturated rings. The number of hydrogen-bond acceptors (Lipinski definition) is 2. The smallest absolute Gasteiger partial charge is 0.486 e. The molecule has 1 unspecified atom stereocenters. The van der Waals surface area contributed by atoms with Gasteiger partial charge in [0.15, 0.2) is 4.90 Å². The number of hydrogen-bond donors (Lipinski definition) is 0. The van der Waals surface area contributed by atoms with E-state index in [0.29, 0.717) is 4.88 Å². The SMILES string of the molecule is [O-][S+](c1cc(Br)[c]c(Br)c1Cc1cccs1)C(F)(F)C(F)(F)C(F)(F)F. The third-order valence-electron chi connectivity index (χ3n) is 3.13. The molecule has 0 aliphatic rings. The lowest BCUT2D eigenvalue weighted by atomic mass is 10.1. The van der Waals surface area contributed by atoms with E-state index < -0.39 is 33.4 Å². The van der Waals surface area contributed by atoms with E-state index in [1.54, 1.807) is 17.5 Å². The van der Waals surface area contributed by atoms with Gasteiger partial charge in [0.2, 0.25) is 0 Å². The quantitative estimate of drug-likeness (QED) is 0.307. The molecule has 1 atom stereocenters. The lowest BCUT2D eigenvalue weighted by molar-refractivity contribution is -0.332. The van der Waals surface area contributed by atoms with E-state index >= 15 is 0 Å². The van der Waals surface area contributed by atoms with Gasteiger partial charge in [-0.2, -0.15) is 22.0 Å². The molecule has 0 amide bonds. The highest BCUT2D eigenvalue weighted by atomic mass is 79.9. The maximum absolute atomic E-state index is 13.9. The molecule has 1 nitrogen and oxygen atoms in total. The highest BCUT2D eigenvalue weighted by Crippen LogP contribution is 2.51. The Morgan fingerprint density at radius 3 is 2.23 bits per heavy atom. The van der Waals surface area contributed by atoms with Crippen LogP contribution < -0.4 is 0 Å². The van der Waals surface area contributed by atoms with Crippen LogP contribution in [0.3, 0.4) is 0 Å². The summed E-state index contributed by atoms with van der Waals surface area (Å²) in [6.07, 6.45) is -6.66. The van der Waals surface area contributed by atoms with Crippen LogP contribution in [-0.2, 0) is 17.6 Å². The van der Waals surface area contributed by atoms with Crippen LogP contribution in [0.15, 0.2) is 37.4 Å². The fraction of sp³-hybridized carbons (Fsp3) is 0.286. The minimum absolute atomic E-state index is 0.0229. The summed E-state index contributed by atoms with van der Waals surface area (Å²) in [6, 6.07) is 6.66. The van der Waals surface area contributed by atoms with Gasteiger partial charge >= 0.3 is 17.4 Å². The van der Waals surface area contributed by atoms with Crippen molar-refractivity contribution in [2.75, 3.05) is 0 Å². The van der Waals surface area contributed by atoms with Crippen molar-refractivity contribution < 1.29 is 35.3 Å². The van der Waals surface area contributed by atoms with Gasteiger partial charge < -0.3 is 4.55 Å². The van der Waals surface area contributed by atoms with Crippen LogP contribution in [0.5, 0.6) is 0 Å². The zero-order valence-corrected chi connectivity index (χ0v) is 16.9. The summed E-state index contributed by atoms with van der Waals surface area (Å²) in [7, 11) is 0. The summed E-state index contributed by atoms with van der Waals surface area (Å²) in [5.74, 6) is -6.47. The highest BCUT2D eigenvalue weighted by Gasteiger charge is 2.80.